The first-order chi connectivity index (χ1) is 11.3. The van der Waals surface area contributed by atoms with Crippen molar-refractivity contribution in [1.29, 1.82) is 0 Å². The second-order valence-electron chi connectivity index (χ2n) is 5.76. The molecular formula is C17H23BrN2O4. The van der Waals surface area contributed by atoms with Gasteiger partial charge in [0.25, 0.3) is 5.91 Å². The van der Waals surface area contributed by atoms with Crippen LogP contribution >= 0.6 is 15.9 Å². The largest absolute Gasteiger partial charge is 0.467 e. The summed E-state index contributed by atoms with van der Waals surface area (Å²) in [4.78, 5) is 35.7. The molecule has 0 saturated heterocycles. The summed E-state index contributed by atoms with van der Waals surface area (Å²) in [6.07, 6.45) is 0.587. The van der Waals surface area contributed by atoms with Gasteiger partial charge in [-0.3, -0.25) is 9.59 Å². The number of rotatable bonds is 8. The number of methoxy groups -OCH3 is 1. The van der Waals surface area contributed by atoms with Gasteiger partial charge in [-0.05, 0) is 40.4 Å². The number of hydrogen-bond acceptors (Lipinski definition) is 4. The fourth-order valence-electron chi connectivity index (χ4n) is 2.12. The lowest BCUT2D eigenvalue weighted by Crippen LogP contribution is -2.43. The summed E-state index contributed by atoms with van der Waals surface area (Å²) in [7, 11) is 1.29. The summed E-state index contributed by atoms with van der Waals surface area (Å²) in [6.45, 7) is 4.10. The molecule has 24 heavy (non-hydrogen) atoms. The van der Waals surface area contributed by atoms with E-state index in [1.165, 1.54) is 7.11 Å². The molecule has 0 aliphatic rings. The molecule has 1 rings (SSSR count). The minimum Gasteiger partial charge on any atom is -0.467 e. The molecule has 1 unspecified atom stereocenters. The Labute approximate surface area is 150 Å². The van der Waals surface area contributed by atoms with E-state index < -0.39 is 12.0 Å². The zero-order valence-electron chi connectivity index (χ0n) is 14.1. The number of benzene rings is 1. The Morgan fingerprint density at radius 3 is 2.46 bits per heavy atom. The fraction of sp³-hybridized carbons (Fsp3) is 0.471. The normalized spacial score (nSPS) is 11.7. The minimum atomic E-state index is -0.665. The number of carbonyl (C=O) groups is 3. The van der Waals surface area contributed by atoms with Gasteiger partial charge < -0.3 is 15.4 Å². The van der Waals surface area contributed by atoms with Gasteiger partial charge in [-0.15, -0.1) is 0 Å². The maximum atomic E-state index is 12.0. The highest BCUT2D eigenvalue weighted by molar-refractivity contribution is 9.10. The predicted octanol–water partition coefficient (Wildman–Crippen LogP) is 2.27. The molecule has 0 aromatic heterocycles. The van der Waals surface area contributed by atoms with E-state index in [0.29, 0.717) is 16.5 Å². The third kappa shape index (κ3) is 6.70. The molecule has 132 valence electrons. The highest BCUT2D eigenvalue weighted by Crippen LogP contribution is 2.15. The van der Waals surface area contributed by atoms with Crippen molar-refractivity contribution in [1.82, 2.24) is 10.6 Å². The Morgan fingerprint density at radius 2 is 1.88 bits per heavy atom. The quantitative estimate of drug-likeness (QED) is 0.657. The predicted molar refractivity (Wildman–Crippen MR) is 94.5 cm³/mol. The first-order valence-corrected chi connectivity index (χ1v) is 8.54. The van der Waals surface area contributed by atoms with Crippen LogP contribution in [0.25, 0.3) is 0 Å². The van der Waals surface area contributed by atoms with Crippen LogP contribution in [0.1, 0.15) is 37.0 Å². The second-order valence-corrected chi connectivity index (χ2v) is 6.61. The van der Waals surface area contributed by atoms with Crippen LogP contribution < -0.4 is 10.6 Å². The molecule has 0 heterocycles. The van der Waals surface area contributed by atoms with Crippen LogP contribution in [0.2, 0.25) is 0 Å². The van der Waals surface area contributed by atoms with Crippen molar-refractivity contribution in [2.45, 2.75) is 32.7 Å². The minimum absolute atomic E-state index is 0.0851. The molecule has 0 bridgehead atoms. The Hall–Kier alpha value is -1.89. The van der Waals surface area contributed by atoms with Gasteiger partial charge in [0.15, 0.2) is 0 Å². The number of amides is 2. The average Bonchev–Trinajstić information content (AvgIpc) is 2.53. The van der Waals surface area contributed by atoms with E-state index in [1.807, 2.05) is 19.9 Å². The lowest BCUT2D eigenvalue weighted by Gasteiger charge is -2.18. The molecule has 0 saturated carbocycles. The molecule has 6 nitrogen and oxygen atoms in total. The zero-order chi connectivity index (χ0) is 18.1. The maximum Gasteiger partial charge on any atom is 0.328 e. The first kappa shape index (κ1) is 20.2. The smallest absolute Gasteiger partial charge is 0.328 e. The van der Waals surface area contributed by atoms with Crippen LogP contribution in [0.15, 0.2) is 28.7 Å². The summed E-state index contributed by atoms with van der Waals surface area (Å²) in [5.74, 6) is -0.792. The van der Waals surface area contributed by atoms with Gasteiger partial charge in [0, 0.05) is 17.4 Å². The van der Waals surface area contributed by atoms with Gasteiger partial charge in [0.1, 0.15) is 6.04 Å². The van der Waals surface area contributed by atoms with Crippen LogP contribution in [0, 0.1) is 5.92 Å². The second kappa shape index (κ2) is 10.1. The number of esters is 1. The van der Waals surface area contributed by atoms with Gasteiger partial charge in [-0.2, -0.15) is 0 Å². The zero-order valence-corrected chi connectivity index (χ0v) is 15.7. The number of carbonyl (C=O) groups excluding carboxylic acids is 3. The highest BCUT2D eigenvalue weighted by atomic mass is 79.9. The van der Waals surface area contributed by atoms with Gasteiger partial charge in [-0.25, -0.2) is 4.79 Å². The molecule has 0 aliphatic carbocycles. The van der Waals surface area contributed by atoms with Crippen molar-refractivity contribution in [2.24, 2.45) is 5.92 Å². The van der Waals surface area contributed by atoms with E-state index in [9.17, 15) is 14.4 Å². The number of nitrogens with one attached hydrogen (secondary N) is 2. The molecule has 2 N–H and O–H groups in total. The van der Waals surface area contributed by atoms with Gasteiger partial charge in [0.05, 0.1) is 12.7 Å². The first-order valence-electron chi connectivity index (χ1n) is 7.75. The van der Waals surface area contributed by atoms with E-state index >= 15 is 0 Å². The summed E-state index contributed by atoms with van der Waals surface area (Å²) >= 11 is 3.31. The Balaban J connectivity index is 2.46. The Morgan fingerprint density at radius 1 is 1.21 bits per heavy atom. The molecular weight excluding hydrogens is 376 g/mol. The molecule has 0 fully saturated rings. The lowest BCUT2D eigenvalue weighted by atomic mass is 10.0. The standard InChI is InChI=1S/C17H23BrN2O4/c1-11(2)10-14(17(23)24-3)20-15(21)8-9-19-16(22)12-6-4-5-7-13(12)18/h4-7,11,14H,8-10H2,1-3H3,(H,19,22)(H,20,21). The third-order valence-electron chi connectivity index (χ3n) is 3.28. The van der Waals surface area contributed by atoms with E-state index in [1.54, 1.807) is 18.2 Å². The number of halogens is 1. The lowest BCUT2D eigenvalue weighted by molar-refractivity contribution is -0.145. The molecule has 1 aromatic rings. The SMILES string of the molecule is COC(=O)C(CC(C)C)NC(=O)CCNC(=O)c1ccccc1Br. The van der Waals surface area contributed by atoms with Gasteiger partial charge in [0.2, 0.25) is 5.91 Å². The Kier molecular flexibility index (Phi) is 8.46. The van der Waals surface area contributed by atoms with Crippen molar-refractivity contribution < 1.29 is 19.1 Å². The molecule has 0 aliphatic heterocycles. The van der Waals surface area contributed by atoms with E-state index in [4.69, 9.17) is 4.74 Å². The monoisotopic (exact) mass is 398 g/mol. The number of hydrogen-bond donors (Lipinski definition) is 2. The van der Waals surface area contributed by atoms with E-state index in [2.05, 4.69) is 26.6 Å². The van der Waals surface area contributed by atoms with E-state index in [0.717, 1.165) is 0 Å². The van der Waals surface area contributed by atoms with Crippen molar-refractivity contribution in [3.63, 3.8) is 0 Å². The number of ether oxygens (including phenoxy) is 1. The fourth-order valence-corrected chi connectivity index (χ4v) is 2.59. The third-order valence-corrected chi connectivity index (χ3v) is 3.98. The summed E-state index contributed by atoms with van der Waals surface area (Å²) < 4.78 is 5.39. The molecule has 7 heteroatoms. The summed E-state index contributed by atoms with van der Waals surface area (Å²) in [5, 5.41) is 5.33. The van der Waals surface area contributed by atoms with Crippen LogP contribution in [0.5, 0.6) is 0 Å². The highest BCUT2D eigenvalue weighted by Gasteiger charge is 2.22. The topological polar surface area (TPSA) is 84.5 Å². The Bertz CT molecular complexity index is 590. The molecule has 1 atom stereocenters. The van der Waals surface area contributed by atoms with Crippen molar-refractivity contribution >= 4 is 33.7 Å². The van der Waals surface area contributed by atoms with Crippen molar-refractivity contribution in [3.8, 4) is 0 Å². The maximum absolute atomic E-state index is 12.0. The molecule has 0 spiro atoms. The summed E-state index contributed by atoms with van der Waals surface area (Å²) in [6, 6.07) is 6.38. The molecule has 1 aromatic carbocycles. The average molecular weight is 399 g/mol. The molecule has 0 radical (unpaired) electrons. The van der Waals surface area contributed by atoms with Crippen LogP contribution in [0.3, 0.4) is 0 Å². The van der Waals surface area contributed by atoms with Crippen LogP contribution in [-0.4, -0.2) is 37.5 Å². The van der Waals surface area contributed by atoms with Crippen molar-refractivity contribution in [3.05, 3.63) is 34.3 Å². The van der Waals surface area contributed by atoms with Crippen LogP contribution in [-0.2, 0) is 14.3 Å². The van der Waals surface area contributed by atoms with Crippen LogP contribution in [0.4, 0.5) is 0 Å². The van der Waals surface area contributed by atoms with Gasteiger partial charge in [-0.1, -0.05) is 26.0 Å². The summed E-state index contributed by atoms with van der Waals surface area (Å²) in [5.41, 5.74) is 0.505. The van der Waals surface area contributed by atoms with Crippen molar-refractivity contribution in [2.75, 3.05) is 13.7 Å². The molecule has 2 amide bonds. The van der Waals surface area contributed by atoms with Gasteiger partial charge >= 0.3 is 5.97 Å². The van der Waals surface area contributed by atoms with E-state index in [-0.39, 0.29) is 30.7 Å².